The van der Waals surface area contributed by atoms with Crippen molar-refractivity contribution in [1.82, 2.24) is 0 Å². The van der Waals surface area contributed by atoms with Crippen molar-refractivity contribution >= 4 is 47.9 Å². The maximum Gasteiger partial charge on any atom is 0.0307 e. The fourth-order valence-electron chi connectivity index (χ4n) is 7.30. The van der Waals surface area contributed by atoms with E-state index in [1.165, 1.54) is 76.8 Å². The molecule has 0 aliphatic heterocycles. The standard InChI is InChI=1S/C43H43.C2H6Si.Zr/c1-8-13-29-23-37-34(33-17-11-15-27-14-9-10-16-32(27)33)18-12-19-35(37)41(29)40-26-31(43(5,6)7)25-39-36-24-30(42(2,3)4)21-20-28(36)22-38(39)40;1-3-2;/h9-12,14-26,41H,8,13H2,1-7H3;1-2H3;/q-1;;. The monoisotopic (exact) mass is 707 g/mol. The maximum absolute atomic E-state index is 2.54. The molecule has 238 valence electrons. The van der Waals surface area contributed by atoms with E-state index in [0.717, 1.165) is 22.4 Å². The van der Waals surface area contributed by atoms with Crippen molar-refractivity contribution in [2.75, 3.05) is 0 Å². The normalized spacial score (nSPS) is 14.5. The second-order valence-corrected chi connectivity index (χ2v) is 16.2. The molecule has 0 N–H and O–H groups in total. The second-order valence-electron chi connectivity index (χ2n) is 15.2. The molecule has 1 aliphatic carbocycles. The molecule has 0 heterocycles. The van der Waals surface area contributed by atoms with E-state index in [0.29, 0.717) is 0 Å². The van der Waals surface area contributed by atoms with Gasteiger partial charge in [0.15, 0.2) is 0 Å². The third-order valence-corrected chi connectivity index (χ3v) is 9.67. The average molecular weight is 709 g/mol. The summed E-state index contributed by atoms with van der Waals surface area (Å²) in [6.45, 7) is 20.6. The van der Waals surface area contributed by atoms with Gasteiger partial charge in [-0.2, -0.15) is 0 Å². The molecule has 6 aromatic rings. The van der Waals surface area contributed by atoms with E-state index in [9.17, 15) is 0 Å². The Morgan fingerprint density at radius 3 is 2.00 bits per heavy atom. The summed E-state index contributed by atoms with van der Waals surface area (Å²) >= 11 is 0. The Labute approximate surface area is 305 Å². The van der Waals surface area contributed by atoms with Gasteiger partial charge in [-0.05, 0) is 50.3 Å². The molecule has 0 fully saturated rings. The van der Waals surface area contributed by atoms with Crippen LogP contribution in [0.5, 0.6) is 0 Å². The summed E-state index contributed by atoms with van der Waals surface area (Å²) in [6, 6.07) is 37.2. The third-order valence-electron chi connectivity index (χ3n) is 9.67. The molecule has 0 nitrogen and oxygen atoms in total. The molecule has 0 aromatic heterocycles. The van der Waals surface area contributed by atoms with Crippen molar-refractivity contribution in [3.05, 3.63) is 130 Å². The maximum atomic E-state index is 2.54. The van der Waals surface area contributed by atoms with Crippen LogP contribution >= 0.6 is 0 Å². The fourth-order valence-corrected chi connectivity index (χ4v) is 7.30. The Hall–Kier alpha value is -2.93. The van der Waals surface area contributed by atoms with E-state index in [1.807, 2.05) is 0 Å². The summed E-state index contributed by atoms with van der Waals surface area (Å²) < 4.78 is 0. The van der Waals surface area contributed by atoms with E-state index in [4.69, 9.17) is 0 Å². The van der Waals surface area contributed by atoms with Crippen molar-refractivity contribution in [2.24, 2.45) is 0 Å². The topological polar surface area (TPSA) is 0 Å². The van der Waals surface area contributed by atoms with Crippen LogP contribution in [0.2, 0.25) is 13.1 Å². The van der Waals surface area contributed by atoms with Crippen molar-refractivity contribution in [3.8, 4) is 11.1 Å². The molecule has 2 radical (unpaired) electrons. The van der Waals surface area contributed by atoms with Gasteiger partial charge in [-0.15, -0.1) is 33.7 Å². The molecule has 0 amide bonds. The Bertz CT molecular complexity index is 2070. The molecule has 2 heteroatoms. The first kappa shape index (κ1) is 35.4. The molecule has 1 unspecified atom stereocenters. The zero-order chi connectivity index (χ0) is 32.8. The van der Waals surface area contributed by atoms with Crippen molar-refractivity contribution < 1.29 is 26.2 Å². The predicted molar refractivity (Wildman–Crippen MR) is 206 cm³/mol. The first-order chi connectivity index (χ1) is 22.0. The molecule has 0 bridgehead atoms. The smallest absolute Gasteiger partial charge is 0.0307 e. The Kier molecular flexibility index (Phi) is 10.5. The van der Waals surface area contributed by atoms with Crippen LogP contribution in [0.25, 0.3) is 49.5 Å². The van der Waals surface area contributed by atoms with Gasteiger partial charge in [-0.3, -0.25) is 0 Å². The van der Waals surface area contributed by atoms with E-state index < -0.39 is 0 Å². The third kappa shape index (κ3) is 6.71. The van der Waals surface area contributed by atoms with Crippen LogP contribution in [0.15, 0.2) is 103 Å². The molecule has 6 aromatic carbocycles. The van der Waals surface area contributed by atoms with Gasteiger partial charge in [0.1, 0.15) is 0 Å². The van der Waals surface area contributed by atoms with Gasteiger partial charge in [0, 0.05) is 41.6 Å². The Morgan fingerprint density at radius 1 is 0.660 bits per heavy atom. The fraction of sp³-hybridized carbons (Fsp3) is 0.311. The zero-order valence-electron chi connectivity index (χ0n) is 29.8. The van der Waals surface area contributed by atoms with Crippen LogP contribution in [-0.4, -0.2) is 9.52 Å². The van der Waals surface area contributed by atoms with Gasteiger partial charge in [0.2, 0.25) is 0 Å². The van der Waals surface area contributed by atoms with Crippen LogP contribution in [0, 0.1) is 0 Å². The largest absolute Gasteiger partial charge is 0.126 e. The minimum Gasteiger partial charge on any atom is -0.126 e. The molecule has 0 spiro atoms. The van der Waals surface area contributed by atoms with Crippen molar-refractivity contribution in [2.45, 2.75) is 91.1 Å². The van der Waals surface area contributed by atoms with Crippen LogP contribution in [-0.2, 0) is 37.0 Å². The summed E-state index contributed by atoms with van der Waals surface area (Å²) in [5, 5.41) is 8.16. The minimum absolute atomic E-state index is 0. The number of allylic oxidation sites excluding steroid dienone is 1. The van der Waals surface area contributed by atoms with Crippen LogP contribution < -0.4 is 0 Å². The summed E-state index contributed by atoms with van der Waals surface area (Å²) in [7, 11) is 1.08. The molecule has 1 atom stereocenters. The number of benzene rings is 5. The van der Waals surface area contributed by atoms with E-state index in [2.05, 4.69) is 165 Å². The molecule has 0 saturated heterocycles. The van der Waals surface area contributed by atoms with Gasteiger partial charge in [-0.1, -0.05) is 181 Å². The number of fused-ring (bicyclic) bond motifs is 5. The van der Waals surface area contributed by atoms with Gasteiger partial charge in [0.05, 0.1) is 0 Å². The van der Waals surface area contributed by atoms with Gasteiger partial charge < -0.3 is 0 Å². The number of hydrogen-bond donors (Lipinski definition) is 0. The molecule has 47 heavy (non-hydrogen) atoms. The summed E-state index contributed by atoms with van der Waals surface area (Å²) in [4.78, 5) is 0. The van der Waals surface area contributed by atoms with E-state index >= 15 is 0 Å². The zero-order valence-corrected chi connectivity index (χ0v) is 33.3. The number of hydrogen-bond acceptors (Lipinski definition) is 0. The molecule has 0 saturated carbocycles. The van der Waals surface area contributed by atoms with Crippen LogP contribution in [0.4, 0.5) is 0 Å². The SMILES string of the molecule is CCCC1=Cc2c(-c3cccc4ccccc34)cccc2C1c1cc(C(C)(C)C)cc2c1[cH-]c1ccc(C(C)(C)C)cc12.C[Si]C.[Zr]. The quantitative estimate of drug-likeness (QED) is 0.126. The van der Waals surface area contributed by atoms with Gasteiger partial charge in [-0.25, -0.2) is 0 Å². The first-order valence-electron chi connectivity index (χ1n) is 17.0. The van der Waals surface area contributed by atoms with Crippen molar-refractivity contribution in [1.29, 1.82) is 0 Å². The second kappa shape index (κ2) is 13.9. The predicted octanol–water partition coefficient (Wildman–Crippen LogP) is 13.2. The van der Waals surface area contributed by atoms with Gasteiger partial charge >= 0.3 is 0 Å². The van der Waals surface area contributed by atoms with Crippen LogP contribution in [0.1, 0.15) is 95.0 Å². The minimum atomic E-state index is 0. The van der Waals surface area contributed by atoms with E-state index in [1.54, 1.807) is 0 Å². The summed E-state index contributed by atoms with van der Waals surface area (Å²) in [5.41, 5.74) is 11.5. The summed E-state index contributed by atoms with van der Waals surface area (Å²) in [6.07, 6.45) is 4.78. The molecular formula is C45H49SiZr-. The molecular weight excluding hydrogens is 660 g/mol. The van der Waals surface area contributed by atoms with Gasteiger partial charge in [0.25, 0.3) is 0 Å². The molecule has 7 rings (SSSR count). The van der Waals surface area contributed by atoms with E-state index in [-0.39, 0.29) is 43.0 Å². The average Bonchev–Trinajstić information content (AvgIpc) is 3.58. The first-order valence-corrected chi connectivity index (χ1v) is 19.0. The molecule has 1 aliphatic rings. The van der Waals surface area contributed by atoms with Crippen molar-refractivity contribution in [3.63, 3.8) is 0 Å². The number of rotatable bonds is 4. The van der Waals surface area contributed by atoms with Crippen LogP contribution in [0.3, 0.4) is 0 Å². The Balaban J connectivity index is 0.00000105. The summed E-state index contributed by atoms with van der Waals surface area (Å²) in [5.74, 6) is 0.258. The Morgan fingerprint density at radius 2 is 1.30 bits per heavy atom.